The third-order valence-corrected chi connectivity index (χ3v) is 2.93. The molecular weight excluding hydrogens is 246 g/mol. The first-order valence-corrected chi connectivity index (χ1v) is 5.83. The van der Waals surface area contributed by atoms with Crippen LogP contribution in [0.4, 0.5) is 8.78 Å². The topological polar surface area (TPSA) is 69.9 Å². The van der Waals surface area contributed by atoms with E-state index in [0.717, 1.165) is 0 Å². The minimum atomic E-state index is -2.61. The molecule has 0 aromatic carbocycles. The van der Waals surface area contributed by atoms with Gasteiger partial charge in [-0.05, 0) is 29.7 Å². The molecule has 1 aromatic heterocycles. The molecule has 0 saturated heterocycles. The molecule has 0 aliphatic heterocycles. The second-order valence-corrected chi connectivity index (χ2v) is 4.37. The van der Waals surface area contributed by atoms with E-state index in [-0.39, 0.29) is 37.7 Å². The predicted octanol–water partition coefficient (Wildman–Crippen LogP) is 1.29. The third-order valence-electron chi connectivity index (χ3n) is 2.93. The van der Waals surface area contributed by atoms with Crippen molar-refractivity contribution in [2.24, 2.45) is 5.92 Å². The molecule has 6 nitrogen and oxygen atoms in total. The highest BCUT2D eigenvalue weighted by Gasteiger charge is 2.40. The summed E-state index contributed by atoms with van der Waals surface area (Å²) in [4.78, 5) is 11.5. The van der Waals surface area contributed by atoms with Gasteiger partial charge in [-0.2, -0.15) is 0 Å². The summed E-state index contributed by atoms with van der Waals surface area (Å²) in [6.07, 6.45) is 0.110. The van der Waals surface area contributed by atoms with Crippen LogP contribution in [0.2, 0.25) is 0 Å². The maximum Gasteiger partial charge on any atom is 0.378 e. The lowest BCUT2D eigenvalue weighted by Crippen LogP contribution is -2.19. The monoisotopic (exact) mass is 260 g/mol. The molecule has 0 radical (unpaired) electrons. The molecule has 1 heterocycles. The van der Waals surface area contributed by atoms with Gasteiger partial charge in [0, 0.05) is 19.4 Å². The first kappa shape index (κ1) is 12.8. The minimum Gasteiger partial charge on any atom is -0.460 e. The molecule has 2 rings (SSSR count). The van der Waals surface area contributed by atoms with Gasteiger partial charge in [0.25, 0.3) is 5.82 Å². The van der Waals surface area contributed by atoms with Gasteiger partial charge in [0.1, 0.15) is 0 Å². The zero-order valence-corrected chi connectivity index (χ0v) is 9.97. The molecule has 1 fully saturated rings. The molecule has 1 aliphatic rings. The van der Waals surface area contributed by atoms with E-state index in [2.05, 4.69) is 15.5 Å². The Morgan fingerprint density at radius 3 is 3.00 bits per heavy atom. The molecule has 1 unspecified atom stereocenters. The summed E-state index contributed by atoms with van der Waals surface area (Å²) >= 11 is 0. The molecule has 0 bridgehead atoms. The van der Waals surface area contributed by atoms with Gasteiger partial charge in [0.05, 0.1) is 6.61 Å². The Bertz CT molecular complexity index is 435. The number of esters is 1. The maximum atomic E-state index is 13.1. The molecule has 100 valence electrons. The highest BCUT2D eigenvalue weighted by molar-refractivity contribution is 5.85. The van der Waals surface area contributed by atoms with Gasteiger partial charge in [-0.3, -0.25) is 0 Å². The summed E-state index contributed by atoms with van der Waals surface area (Å²) in [5, 5.41) is 10.6. The number of ether oxygens (including phenoxy) is 1. The fourth-order valence-corrected chi connectivity index (χ4v) is 2.11. The Morgan fingerprint density at radius 1 is 1.61 bits per heavy atom. The molecular formula is C10H14F2N4O2. The Balaban J connectivity index is 2.02. The van der Waals surface area contributed by atoms with E-state index in [1.807, 2.05) is 0 Å². The summed E-state index contributed by atoms with van der Waals surface area (Å²) in [6, 6.07) is 0. The average Bonchev–Trinajstić information content (AvgIpc) is 2.86. The van der Waals surface area contributed by atoms with E-state index in [4.69, 9.17) is 4.74 Å². The quantitative estimate of drug-likeness (QED) is 0.763. The number of carbonyl (C=O) groups is 1. The van der Waals surface area contributed by atoms with Gasteiger partial charge in [-0.15, -0.1) is 5.10 Å². The van der Waals surface area contributed by atoms with Crippen LogP contribution >= 0.6 is 0 Å². The first-order chi connectivity index (χ1) is 8.52. The van der Waals surface area contributed by atoms with Crippen molar-refractivity contribution in [1.82, 2.24) is 20.2 Å². The first-order valence-electron chi connectivity index (χ1n) is 5.83. The van der Waals surface area contributed by atoms with Crippen LogP contribution in [-0.4, -0.2) is 38.7 Å². The molecule has 18 heavy (non-hydrogen) atoms. The van der Waals surface area contributed by atoms with E-state index >= 15 is 0 Å². The van der Waals surface area contributed by atoms with Crippen molar-refractivity contribution in [1.29, 1.82) is 0 Å². The Kier molecular flexibility index (Phi) is 3.53. The predicted molar refractivity (Wildman–Crippen MR) is 56.1 cm³/mol. The number of halogens is 2. The number of hydrogen-bond acceptors (Lipinski definition) is 5. The van der Waals surface area contributed by atoms with Crippen molar-refractivity contribution in [3.8, 4) is 0 Å². The molecule has 1 saturated carbocycles. The van der Waals surface area contributed by atoms with Gasteiger partial charge in [0.2, 0.25) is 5.92 Å². The van der Waals surface area contributed by atoms with Gasteiger partial charge in [0.15, 0.2) is 0 Å². The van der Waals surface area contributed by atoms with Crippen LogP contribution in [0.3, 0.4) is 0 Å². The van der Waals surface area contributed by atoms with Gasteiger partial charge in [-0.25, -0.2) is 18.3 Å². The van der Waals surface area contributed by atoms with Gasteiger partial charge < -0.3 is 4.74 Å². The van der Waals surface area contributed by atoms with E-state index in [9.17, 15) is 13.6 Å². The Morgan fingerprint density at radius 2 is 2.39 bits per heavy atom. The minimum absolute atomic E-state index is 0.0351. The number of carbonyl (C=O) groups excluding carboxylic acids is 1. The smallest absolute Gasteiger partial charge is 0.378 e. The molecule has 8 heteroatoms. The molecule has 0 amide bonds. The Labute approximate surface area is 102 Å². The van der Waals surface area contributed by atoms with Crippen LogP contribution in [0.15, 0.2) is 0 Å². The van der Waals surface area contributed by atoms with Crippen LogP contribution in [0, 0.1) is 5.92 Å². The van der Waals surface area contributed by atoms with Crippen LogP contribution in [0.5, 0.6) is 0 Å². The van der Waals surface area contributed by atoms with Crippen molar-refractivity contribution < 1.29 is 18.3 Å². The number of alkyl halides is 2. The van der Waals surface area contributed by atoms with Gasteiger partial charge in [-0.1, -0.05) is 0 Å². The summed E-state index contributed by atoms with van der Waals surface area (Å²) < 4.78 is 32.1. The second kappa shape index (κ2) is 4.95. The fourth-order valence-electron chi connectivity index (χ4n) is 2.11. The number of tetrazole rings is 1. The van der Waals surface area contributed by atoms with Crippen molar-refractivity contribution in [2.45, 2.75) is 38.7 Å². The van der Waals surface area contributed by atoms with E-state index < -0.39 is 11.9 Å². The average molecular weight is 260 g/mol. The number of hydrogen-bond donors (Lipinski definition) is 0. The SMILES string of the molecule is CCOC(=O)c1nnnn1CC1CCC(F)(F)C1. The van der Waals surface area contributed by atoms with E-state index in [1.165, 1.54) is 4.68 Å². The van der Waals surface area contributed by atoms with Gasteiger partial charge >= 0.3 is 5.97 Å². The lowest BCUT2D eigenvalue weighted by atomic mass is 10.1. The zero-order valence-electron chi connectivity index (χ0n) is 9.97. The van der Waals surface area contributed by atoms with Crippen LogP contribution in [-0.2, 0) is 11.3 Å². The van der Waals surface area contributed by atoms with Crippen LogP contribution < -0.4 is 0 Å². The lowest BCUT2D eigenvalue weighted by Gasteiger charge is -2.10. The molecule has 1 aliphatic carbocycles. The second-order valence-electron chi connectivity index (χ2n) is 4.37. The molecule has 1 aromatic rings. The maximum absolute atomic E-state index is 13.1. The van der Waals surface area contributed by atoms with Crippen molar-refractivity contribution in [2.75, 3.05) is 6.61 Å². The Hall–Kier alpha value is -1.60. The zero-order chi connectivity index (χ0) is 13.2. The lowest BCUT2D eigenvalue weighted by molar-refractivity contribution is 0.00417. The number of nitrogens with zero attached hydrogens (tertiary/aromatic N) is 4. The van der Waals surface area contributed by atoms with Crippen molar-refractivity contribution >= 4 is 5.97 Å². The molecule has 0 spiro atoms. The van der Waals surface area contributed by atoms with E-state index in [1.54, 1.807) is 6.92 Å². The molecule has 0 N–H and O–H groups in total. The highest BCUT2D eigenvalue weighted by atomic mass is 19.3. The fraction of sp³-hybridized carbons (Fsp3) is 0.800. The van der Waals surface area contributed by atoms with Crippen molar-refractivity contribution in [3.63, 3.8) is 0 Å². The van der Waals surface area contributed by atoms with Crippen molar-refractivity contribution in [3.05, 3.63) is 5.82 Å². The van der Waals surface area contributed by atoms with Crippen LogP contribution in [0.1, 0.15) is 36.8 Å². The van der Waals surface area contributed by atoms with E-state index in [0.29, 0.717) is 6.42 Å². The summed E-state index contributed by atoms with van der Waals surface area (Å²) in [5.74, 6) is -3.49. The molecule has 1 atom stereocenters. The highest BCUT2D eigenvalue weighted by Crippen LogP contribution is 2.39. The normalized spacial score (nSPS) is 22.1. The van der Waals surface area contributed by atoms with Crippen LogP contribution in [0.25, 0.3) is 0 Å². The standard InChI is InChI=1S/C10H14F2N4O2/c1-2-18-9(17)8-13-14-15-16(8)6-7-3-4-10(11,12)5-7/h7H,2-6H2,1H3. The number of aromatic nitrogens is 4. The third kappa shape index (κ3) is 2.80. The largest absolute Gasteiger partial charge is 0.460 e. The summed E-state index contributed by atoms with van der Waals surface area (Å²) in [6.45, 7) is 2.10. The number of rotatable bonds is 4. The summed E-state index contributed by atoms with van der Waals surface area (Å²) in [7, 11) is 0. The summed E-state index contributed by atoms with van der Waals surface area (Å²) in [5.41, 5.74) is 0.